The first-order valence-corrected chi connectivity index (χ1v) is 6.87. The third-order valence-corrected chi connectivity index (χ3v) is 4.89. The predicted molar refractivity (Wildman–Crippen MR) is 66.6 cm³/mol. The summed E-state index contributed by atoms with van der Waals surface area (Å²) in [6.07, 6.45) is 4.42. The molecule has 2 saturated heterocycles. The lowest BCUT2D eigenvalue weighted by Gasteiger charge is -2.47. The molecule has 2 aliphatic heterocycles. The highest BCUT2D eigenvalue weighted by atomic mass is 15.2. The molecule has 0 radical (unpaired) electrons. The highest BCUT2D eigenvalue weighted by molar-refractivity contribution is 4.99. The number of nitrogens with one attached hydrogen (secondary N) is 1. The van der Waals surface area contributed by atoms with E-state index < -0.39 is 0 Å². The van der Waals surface area contributed by atoms with Gasteiger partial charge in [0.2, 0.25) is 0 Å². The fraction of sp³-hybridized carbons (Fsp3) is 1.00. The molecular weight excluding hydrogens is 198 g/mol. The van der Waals surface area contributed by atoms with Gasteiger partial charge in [0.05, 0.1) is 0 Å². The van der Waals surface area contributed by atoms with E-state index in [0.29, 0.717) is 0 Å². The van der Waals surface area contributed by atoms with Crippen LogP contribution in [0.15, 0.2) is 0 Å². The number of rotatable bonds is 2. The molecule has 0 aromatic heterocycles. The summed E-state index contributed by atoms with van der Waals surface area (Å²) >= 11 is 0. The van der Waals surface area contributed by atoms with Crippen LogP contribution in [0.3, 0.4) is 0 Å². The number of nitrogens with zero attached hydrogens (tertiary/aromatic N) is 2. The Hall–Kier alpha value is -0.120. The molecule has 1 spiro atoms. The van der Waals surface area contributed by atoms with Gasteiger partial charge in [-0.05, 0) is 44.2 Å². The van der Waals surface area contributed by atoms with Gasteiger partial charge in [0, 0.05) is 39.3 Å². The summed E-state index contributed by atoms with van der Waals surface area (Å²) in [4.78, 5) is 5.12. The Kier molecular flexibility index (Phi) is 2.94. The molecule has 92 valence electrons. The Labute approximate surface area is 99.2 Å². The van der Waals surface area contributed by atoms with E-state index in [4.69, 9.17) is 0 Å². The van der Waals surface area contributed by atoms with E-state index in [-0.39, 0.29) is 0 Å². The smallest absolute Gasteiger partial charge is 0.0110 e. The van der Waals surface area contributed by atoms with Gasteiger partial charge in [-0.15, -0.1) is 0 Å². The molecule has 1 saturated carbocycles. The first-order chi connectivity index (χ1) is 7.76. The van der Waals surface area contributed by atoms with Crippen LogP contribution in [0.1, 0.15) is 19.3 Å². The van der Waals surface area contributed by atoms with E-state index in [0.717, 1.165) is 11.3 Å². The number of likely N-dealkylation sites (N-methyl/N-ethyl adjacent to an activating group) is 1. The second-order valence-corrected chi connectivity index (χ2v) is 6.30. The molecule has 3 fully saturated rings. The third kappa shape index (κ3) is 2.13. The molecule has 1 N–H and O–H groups in total. The van der Waals surface area contributed by atoms with Crippen LogP contribution in [0.4, 0.5) is 0 Å². The third-order valence-electron chi connectivity index (χ3n) is 4.89. The van der Waals surface area contributed by atoms with E-state index >= 15 is 0 Å². The number of hydrogen-bond acceptors (Lipinski definition) is 3. The normalized spacial score (nSPS) is 41.4. The van der Waals surface area contributed by atoms with Gasteiger partial charge < -0.3 is 15.1 Å². The van der Waals surface area contributed by atoms with Crippen molar-refractivity contribution in [2.45, 2.75) is 19.3 Å². The molecule has 3 aliphatic rings. The lowest BCUT2D eigenvalue weighted by Crippen LogP contribution is -2.50. The van der Waals surface area contributed by atoms with Gasteiger partial charge in [-0.25, -0.2) is 0 Å². The molecule has 16 heavy (non-hydrogen) atoms. The van der Waals surface area contributed by atoms with E-state index in [1.807, 2.05) is 0 Å². The monoisotopic (exact) mass is 223 g/mol. The van der Waals surface area contributed by atoms with Gasteiger partial charge in [0.25, 0.3) is 0 Å². The summed E-state index contributed by atoms with van der Waals surface area (Å²) < 4.78 is 0. The molecule has 2 heterocycles. The Bertz CT molecular complexity index is 232. The van der Waals surface area contributed by atoms with Gasteiger partial charge in [-0.1, -0.05) is 0 Å². The average molecular weight is 223 g/mol. The summed E-state index contributed by atoms with van der Waals surface area (Å²) in [5.41, 5.74) is 0.733. The maximum atomic E-state index is 3.52. The molecule has 3 nitrogen and oxygen atoms in total. The minimum atomic E-state index is 0.733. The van der Waals surface area contributed by atoms with Crippen molar-refractivity contribution in [1.29, 1.82) is 0 Å². The molecular formula is C13H25N3. The fourth-order valence-corrected chi connectivity index (χ4v) is 3.83. The minimum absolute atomic E-state index is 0.733. The summed E-state index contributed by atoms with van der Waals surface area (Å²) in [7, 11) is 2.24. The van der Waals surface area contributed by atoms with Crippen molar-refractivity contribution in [2.24, 2.45) is 11.3 Å². The zero-order chi connectivity index (χ0) is 11.0. The van der Waals surface area contributed by atoms with Crippen LogP contribution in [-0.2, 0) is 0 Å². The van der Waals surface area contributed by atoms with Crippen molar-refractivity contribution in [2.75, 3.05) is 52.9 Å². The van der Waals surface area contributed by atoms with Crippen molar-refractivity contribution in [1.82, 2.24) is 15.1 Å². The SMILES string of the molecule is CN1CCN(CC2CC3(CCNC3)C2)CC1. The summed E-state index contributed by atoms with van der Waals surface area (Å²) in [6, 6.07) is 0. The van der Waals surface area contributed by atoms with Crippen LogP contribution in [0.25, 0.3) is 0 Å². The van der Waals surface area contributed by atoms with E-state index in [1.165, 1.54) is 65.1 Å². The Morgan fingerprint density at radius 2 is 1.94 bits per heavy atom. The molecule has 0 unspecified atom stereocenters. The van der Waals surface area contributed by atoms with E-state index in [1.54, 1.807) is 0 Å². The summed E-state index contributed by atoms with van der Waals surface area (Å²) in [5, 5.41) is 3.52. The van der Waals surface area contributed by atoms with Crippen LogP contribution in [0.2, 0.25) is 0 Å². The standard InChI is InChI=1S/C13H25N3/c1-15-4-6-16(7-5-15)10-12-8-13(9-12)2-3-14-11-13/h12,14H,2-11H2,1H3. The van der Waals surface area contributed by atoms with Gasteiger partial charge >= 0.3 is 0 Å². The van der Waals surface area contributed by atoms with Crippen molar-refractivity contribution in [3.8, 4) is 0 Å². The molecule has 3 heteroatoms. The molecule has 0 bridgehead atoms. The zero-order valence-corrected chi connectivity index (χ0v) is 10.5. The molecule has 0 aromatic rings. The van der Waals surface area contributed by atoms with Crippen LogP contribution in [0, 0.1) is 11.3 Å². The largest absolute Gasteiger partial charge is 0.316 e. The Balaban J connectivity index is 1.41. The van der Waals surface area contributed by atoms with Crippen molar-refractivity contribution in [3.63, 3.8) is 0 Å². The molecule has 0 aromatic carbocycles. The first-order valence-electron chi connectivity index (χ1n) is 6.87. The average Bonchev–Trinajstić information content (AvgIpc) is 2.70. The second-order valence-electron chi connectivity index (χ2n) is 6.30. The highest BCUT2D eigenvalue weighted by Gasteiger charge is 2.45. The zero-order valence-electron chi connectivity index (χ0n) is 10.5. The topological polar surface area (TPSA) is 18.5 Å². The van der Waals surface area contributed by atoms with Gasteiger partial charge in [-0.3, -0.25) is 0 Å². The van der Waals surface area contributed by atoms with Crippen molar-refractivity contribution >= 4 is 0 Å². The molecule has 0 atom stereocenters. The molecule has 0 amide bonds. The van der Waals surface area contributed by atoms with Crippen LogP contribution in [-0.4, -0.2) is 62.7 Å². The van der Waals surface area contributed by atoms with Crippen LogP contribution in [0.5, 0.6) is 0 Å². The fourth-order valence-electron chi connectivity index (χ4n) is 3.83. The number of hydrogen-bond donors (Lipinski definition) is 1. The minimum Gasteiger partial charge on any atom is -0.316 e. The lowest BCUT2D eigenvalue weighted by molar-refractivity contribution is 0.0330. The van der Waals surface area contributed by atoms with E-state index in [9.17, 15) is 0 Å². The summed E-state index contributed by atoms with van der Waals surface area (Å²) in [5.74, 6) is 1.00. The maximum absolute atomic E-state index is 3.52. The Morgan fingerprint density at radius 3 is 2.56 bits per heavy atom. The molecule has 3 rings (SSSR count). The van der Waals surface area contributed by atoms with Crippen LogP contribution >= 0.6 is 0 Å². The summed E-state index contributed by atoms with van der Waals surface area (Å²) in [6.45, 7) is 9.04. The second kappa shape index (κ2) is 4.28. The molecule has 1 aliphatic carbocycles. The first kappa shape index (κ1) is 11.0. The predicted octanol–water partition coefficient (Wildman–Crippen LogP) is 0.623. The van der Waals surface area contributed by atoms with Gasteiger partial charge in [0.15, 0.2) is 0 Å². The number of piperazine rings is 1. The van der Waals surface area contributed by atoms with Crippen LogP contribution < -0.4 is 5.32 Å². The van der Waals surface area contributed by atoms with Gasteiger partial charge in [-0.2, -0.15) is 0 Å². The van der Waals surface area contributed by atoms with E-state index in [2.05, 4.69) is 22.2 Å². The van der Waals surface area contributed by atoms with Crippen molar-refractivity contribution in [3.05, 3.63) is 0 Å². The van der Waals surface area contributed by atoms with Gasteiger partial charge in [0.1, 0.15) is 0 Å². The Morgan fingerprint density at radius 1 is 1.19 bits per heavy atom. The lowest BCUT2D eigenvalue weighted by atomic mass is 9.61. The maximum Gasteiger partial charge on any atom is 0.0110 e. The van der Waals surface area contributed by atoms with Crippen molar-refractivity contribution < 1.29 is 0 Å². The highest BCUT2D eigenvalue weighted by Crippen LogP contribution is 2.49. The quantitative estimate of drug-likeness (QED) is 0.740.